The molecule has 0 aliphatic heterocycles. The monoisotopic (exact) mass is 185 g/mol. The quantitative estimate of drug-likeness (QED) is 0.381. The van der Waals surface area contributed by atoms with Crippen LogP contribution in [0, 0.1) is 0 Å². The second-order valence-electron chi connectivity index (χ2n) is 2.34. The zero-order chi connectivity index (χ0) is 9.56. The van der Waals surface area contributed by atoms with Crippen LogP contribution in [0.3, 0.4) is 0 Å². The summed E-state index contributed by atoms with van der Waals surface area (Å²) < 4.78 is 5.09. The molecule has 0 N–H and O–H groups in total. The Morgan fingerprint density at radius 1 is 1.50 bits per heavy atom. The first-order valence-corrected chi connectivity index (χ1v) is 4.84. The average molecular weight is 185 g/mol. The lowest BCUT2D eigenvalue weighted by molar-refractivity contribution is 0.305. The second-order valence-corrected chi connectivity index (χ2v) is 3.14. The summed E-state index contributed by atoms with van der Waals surface area (Å²) in [6, 6.07) is 0. The zero-order valence-corrected chi connectivity index (χ0v) is 8.86. The highest BCUT2D eigenvalue weighted by Gasteiger charge is 2.00. The van der Waals surface area contributed by atoms with Crippen LogP contribution < -0.4 is 0 Å². The molecule has 0 saturated heterocycles. The van der Waals surface area contributed by atoms with Gasteiger partial charge in [0.15, 0.2) is 0 Å². The molecule has 0 bridgehead atoms. The van der Waals surface area contributed by atoms with Gasteiger partial charge in [0.2, 0.25) is 0 Å². The number of methoxy groups -OCH3 is 1. The molecule has 0 aliphatic carbocycles. The molecular weight excluding hydrogens is 170 g/mol. The fourth-order valence-corrected chi connectivity index (χ4v) is 1.30. The maximum atomic E-state index is 5.09. The highest BCUT2D eigenvalue weighted by Crippen LogP contribution is 2.19. The molecule has 0 amide bonds. The highest BCUT2D eigenvalue weighted by molar-refractivity contribution is 8.02. The number of thioether (sulfide) groups is 1. The van der Waals surface area contributed by atoms with Crippen LogP contribution in [0.1, 0.15) is 13.8 Å². The smallest absolute Gasteiger partial charge is 0.150 e. The maximum Gasteiger partial charge on any atom is 0.150 e. The largest absolute Gasteiger partial charge is 0.494 e. The Kier molecular flexibility index (Phi) is 5.54. The van der Waals surface area contributed by atoms with E-state index in [1.165, 1.54) is 0 Å². The van der Waals surface area contributed by atoms with Crippen LogP contribution >= 0.6 is 11.8 Å². The fraction of sp³-hybridized carbons (Fsp3) is 0.444. The Hall–Kier alpha value is -0.700. The molecular formula is C9H15NOS. The molecule has 0 aromatic rings. The van der Waals surface area contributed by atoms with Gasteiger partial charge in [0.1, 0.15) is 10.8 Å². The van der Waals surface area contributed by atoms with Crippen LogP contribution in [0.2, 0.25) is 0 Å². The van der Waals surface area contributed by atoms with Gasteiger partial charge in [-0.25, -0.2) is 4.99 Å². The molecule has 0 unspecified atom stereocenters. The van der Waals surface area contributed by atoms with Gasteiger partial charge in [-0.05, 0) is 26.2 Å². The molecule has 68 valence electrons. The van der Waals surface area contributed by atoms with Gasteiger partial charge in [-0.15, -0.1) is 11.8 Å². The number of hydrogen-bond donors (Lipinski definition) is 0. The molecule has 0 heterocycles. The third-order valence-electron chi connectivity index (χ3n) is 1.13. The molecule has 0 fully saturated rings. The summed E-state index contributed by atoms with van der Waals surface area (Å²) in [5.41, 5.74) is 1.01. The molecule has 12 heavy (non-hydrogen) atoms. The lowest BCUT2D eigenvalue weighted by atomic mass is 10.5. The summed E-state index contributed by atoms with van der Waals surface area (Å²) in [7, 11) is 1.62. The fourth-order valence-electron chi connectivity index (χ4n) is 0.662. The Labute approximate surface area is 78.4 Å². The third-order valence-corrected chi connectivity index (χ3v) is 1.81. The van der Waals surface area contributed by atoms with Crippen LogP contribution in [-0.4, -0.2) is 19.1 Å². The summed E-state index contributed by atoms with van der Waals surface area (Å²) in [6.07, 6.45) is 3.63. The standard InChI is InChI=1S/C9H15NOS/c1-6-8(11-4)9(12-5)10-7(2)3/h6H,1H2,2-5H3/b9-8-. The van der Waals surface area contributed by atoms with E-state index in [1.807, 2.05) is 20.1 Å². The van der Waals surface area contributed by atoms with Crippen LogP contribution in [0.25, 0.3) is 0 Å². The topological polar surface area (TPSA) is 21.6 Å². The van der Waals surface area contributed by atoms with Gasteiger partial charge in [0, 0.05) is 5.71 Å². The summed E-state index contributed by atoms with van der Waals surface area (Å²) in [5.74, 6) is 0.726. The molecule has 3 heteroatoms. The van der Waals surface area contributed by atoms with Crippen molar-refractivity contribution in [3.05, 3.63) is 23.4 Å². The summed E-state index contributed by atoms with van der Waals surface area (Å²) in [4.78, 5) is 4.30. The van der Waals surface area contributed by atoms with Crippen molar-refractivity contribution in [2.24, 2.45) is 4.99 Å². The van der Waals surface area contributed by atoms with E-state index in [4.69, 9.17) is 4.74 Å². The van der Waals surface area contributed by atoms with Gasteiger partial charge < -0.3 is 4.74 Å². The summed E-state index contributed by atoms with van der Waals surface area (Å²) in [6.45, 7) is 7.54. The Morgan fingerprint density at radius 2 is 2.08 bits per heavy atom. The number of rotatable bonds is 4. The predicted octanol–water partition coefficient (Wildman–Crippen LogP) is 2.83. The number of hydrogen-bond acceptors (Lipinski definition) is 3. The summed E-state index contributed by atoms with van der Waals surface area (Å²) >= 11 is 1.55. The maximum absolute atomic E-state index is 5.09. The third kappa shape index (κ3) is 3.62. The minimum Gasteiger partial charge on any atom is -0.494 e. The van der Waals surface area contributed by atoms with E-state index in [0.29, 0.717) is 0 Å². The molecule has 0 atom stereocenters. The number of ether oxygens (including phenoxy) is 1. The van der Waals surface area contributed by atoms with E-state index in [9.17, 15) is 0 Å². The second kappa shape index (κ2) is 5.89. The van der Waals surface area contributed by atoms with Crippen molar-refractivity contribution in [2.45, 2.75) is 13.8 Å². The molecule has 0 rings (SSSR count). The molecule has 0 spiro atoms. The van der Waals surface area contributed by atoms with Crippen LogP contribution in [-0.2, 0) is 4.74 Å². The van der Waals surface area contributed by atoms with E-state index in [0.717, 1.165) is 16.5 Å². The normalized spacial score (nSPS) is 11.7. The molecule has 0 aromatic carbocycles. The summed E-state index contributed by atoms with van der Waals surface area (Å²) in [5, 5.41) is 0.868. The van der Waals surface area contributed by atoms with Crippen LogP contribution in [0.5, 0.6) is 0 Å². The van der Waals surface area contributed by atoms with Crippen molar-refractivity contribution in [3.8, 4) is 0 Å². The number of nitrogens with zero attached hydrogens (tertiary/aromatic N) is 1. The van der Waals surface area contributed by atoms with Crippen molar-refractivity contribution >= 4 is 17.5 Å². The Bertz CT molecular complexity index is 215. The zero-order valence-electron chi connectivity index (χ0n) is 8.05. The lowest BCUT2D eigenvalue weighted by Gasteiger charge is -2.04. The van der Waals surface area contributed by atoms with E-state index in [2.05, 4.69) is 11.6 Å². The van der Waals surface area contributed by atoms with Gasteiger partial charge in [0.25, 0.3) is 0 Å². The van der Waals surface area contributed by atoms with E-state index < -0.39 is 0 Å². The molecule has 0 aromatic heterocycles. The molecule has 2 nitrogen and oxygen atoms in total. The van der Waals surface area contributed by atoms with E-state index in [-0.39, 0.29) is 0 Å². The van der Waals surface area contributed by atoms with Crippen molar-refractivity contribution in [2.75, 3.05) is 13.4 Å². The average Bonchev–Trinajstić information content (AvgIpc) is 2.04. The number of allylic oxidation sites excluding steroid dienone is 1. The minimum atomic E-state index is 0.726. The number of aliphatic imine (C=N–C) groups is 1. The van der Waals surface area contributed by atoms with Crippen molar-refractivity contribution < 1.29 is 4.74 Å². The van der Waals surface area contributed by atoms with Gasteiger partial charge in [-0.1, -0.05) is 6.58 Å². The lowest BCUT2D eigenvalue weighted by Crippen LogP contribution is -1.89. The van der Waals surface area contributed by atoms with Crippen LogP contribution in [0.4, 0.5) is 0 Å². The SMILES string of the molecule is C=C/C(OC)=C(\N=C(C)C)SC. The predicted molar refractivity (Wildman–Crippen MR) is 56.5 cm³/mol. The van der Waals surface area contributed by atoms with Gasteiger partial charge >= 0.3 is 0 Å². The first-order chi connectivity index (χ1) is 5.65. The first kappa shape index (κ1) is 11.3. The molecule has 0 saturated carbocycles. The minimum absolute atomic E-state index is 0.726. The highest BCUT2D eigenvalue weighted by atomic mass is 32.2. The van der Waals surface area contributed by atoms with E-state index in [1.54, 1.807) is 24.9 Å². The van der Waals surface area contributed by atoms with Crippen molar-refractivity contribution in [1.82, 2.24) is 0 Å². The Balaban J connectivity index is 4.82. The van der Waals surface area contributed by atoms with Crippen molar-refractivity contribution in [3.63, 3.8) is 0 Å². The first-order valence-electron chi connectivity index (χ1n) is 3.62. The van der Waals surface area contributed by atoms with Crippen molar-refractivity contribution in [1.29, 1.82) is 0 Å². The van der Waals surface area contributed by atoms with Gasteiger partial charge in [-0.2, -0.15) is 0 Å². The molecule has 0 radical (unpaired) electrons. The van der Waals surface area contributed by atoms with Gasteiger partial charge in [-0.3, -0.25) is 0 Å². The van der Waals surface area contributed by atoms with Crippen LogP contribution in [0.15, 0.2) is 28.4 Å². The Morgan fingerprint density at radius 3 is 2.33 bits per heavy atom. The van der Waals surface area contributed by atoms with E-state index >= 15 is 0 Å². The molecule has 0 aliphatic rings. The van der Waals surface area contributed by atoms with Gasteiger partial charge in [0.05, 0.1) is 7.11 Å².